The summed E-state index contributed by atoms with van der Waals surface area (Å²) in [5.74, 6) is -5.42. The summed E-state index contributed by atoms with van der Waals surface area (Å²) in [6, 6.07) is 16.9. The van der Waals surface area contributed by atoms with E-state index in [4.69, 9.17) is 9.90 Å². The molecule has 1 heterocycles. The van der Waals surface area contributed by atoms with Crippen LogP contribution in [0.1, 0.15) is 26.3 Å². The van der Waals surface area contributed by atoms with Gasteiger partial charge in [-0.05, 0) is 36.4 Å². The van der Waals surface area contributed by atoms with Crippen molar-refractivity contribution in [2.75, 3.05) is 36.4 Å². The molecule has 0 aromatic heterocycles. The topological polar surface area (TPSA) is 110 Å². The molecule has 1 fully saturated rings. The molecule has 0 bridgehead atoms. The van der Waals surface area contributed by atoms with Gasteiger partial charge in [0.05, 0.1) is 16.8 Å². The zero-order valence-corrected chi connectivity index (χ0v) is 20.8. The lowest BCUT2D eigenvalue weighted by Gasteiger charge is -2.36. The van der Waals surface area contributed by atoms with E-state index >= 15 is 0 Å². The van der Waals surface area contributed by atoms with Gasteiger partial charge >= 0.3 is 18.1 Å². The molecule has 8 nitrogen and oxygen atoms in total. The van der Waals surface area contributed by atoms with Crippen LogP contribution in [0, 0.1) is 11.6 Å². The van der Waals surface area contributed by atoms with E-state index in [0.717, 1.165) is 0 Å². The Labute approximate surface area is 225 Å². The van der Waals surface area contributed by atoms with Crippen LogP contribution in [0.3, 0.4) is 0 Å². The number of hydrogen-bond donors (Lipinski definition) is 3. The third-order valence-electron chi connectivity index (χ3n) is 5.91. The van der Waals surface area contributed by atoms with Gasteiger partial charge in [0.2, 0.25) is 0 Å². The van der Waals surface area contributed by atoms with E-state index in [0.29, 0.717) is 44.0 Å². The van der Waals surface area contributed by atoms with Crippen molar-refractivity contribution < 1.29 is 46.5 Å². The summed E-state index contributed by atoms with van der Waals surface area (Å²) in [4.78, 5) is 37.3. The Kier molecular flexibility index (Phi) is 9.78. The van der Waals surface area contributed by atoms with E-state index in [-0.39, 0.29) is 22.6 Å². The first-order chi connectivity index (χ1) is 18.9. The van der Waals surface area contributed by atoms with Gasteiger partial charge in [-0.15, -0.1) is 0 Å². The number of halogens is 5. The number of rotatable bonds is 6. The van der Waals surface area contributed by atoms with Gasteiger partial charge < -0.3 is 20.4 Å². The largest absolute Gasteiger partial charge is 0.490 e. The van der Waals surface area contributed by atoms with Gasteiger partial charge in [0.15, 0.2) is 0 Å². The first-order valence-corrected chi connectivity index (χ1v) is 11.8. The second kappa shape index (κ2) is 13.0. The van der Waals surface area contributed by atoms with Crippen molar-refractivity contribution in [1.29, 1.82) is 0 Å². The number of hydrogen-bond acceptors (Lipinski definition) is 5. The summed E-state index contributed by atoms with van der Waals surface area (Å²) in [6.07, 6.45) is -5.08. The summed E-state index contributed by atoms with van der Waals surface area (Å²) in [5.41, 5.74) is 1.36. The van der Waals surface area contributed by atoms with Gasteiger partial charge in [0, 0.05) is 44.0 Å². The van der Waals surface area contributed by atoms with Gasteiger partial charge in [-0.3, -0.25) is 9.69 Å². The van der Waals surface area contributed by atoms with Crippen LogP contribution in [-0.2, 0) is 11.3 Å². The fourth-order valence-electron chi connectivity index (χ4n) is 3.92. The molecule has 40 heavy (non-hydrogen) atoms. The quantitative estimate of drug-likeness (QED) is 0.366. The average Bonchev–Trinajstić information content (AvgIpc) is 2.90. The van der Waals surface area contributed by atoms with Crippen molar-refractivity contribution in [3.05, 3.63) is 95.1 Å². The maximum atomic E-state index is 13.9. The minimum atomic E-state index is -5.08. The van der Waals surface area contributed by atoms with Crippen molar-refractivity contribution in [1.82, 2.24) is 4.90 Å². The zero-order valence-electron chi connectivity index (χ0n) is 20.8. The molecule has 4 rings (SSSR count). The molecule has 1 amide bonds. The molecule has 0 atom stereocenters. The molecule has 0 saturated carbocycles. The van der Waals surface area contributed by atoms with Crippen LogP contribution in [0.2, 0.25) is 0 Å². The monoisotopic (exact) mass is 565 g/mol. The molecule has 1 aliphatic heterocycles. The SMILES string of the molecule is O=C(Nc1ccc(N2CCN(Cc3ccccc3F)CC2)c(C(=O)O)c1)c1ccccc1F.O=C(O)C(F)(F)F. The standard InChI is InChI=1S/C25H23F2N3O3.C2HF3O2/c26-21-7-3-1-5-17(21)16-29-11-13-30(14-12-29)23-10-9-18(15-20(23)25(32)33)28-24(31)19-6-2-4-8-22(19)27;3-2(4,5)1(6)7/h1-10,15H,11-14,16H2,(H,28,31)(H,32,33);(H,6,7). The molecular formula is C27H24F5N3O5. The number of aromatic carboxylic acids is 1. The summed E-state index contributed by atoms with van der Waals surface area (Å²) >= 11 is 0. The molecule has 1 aliphatic rings. The van der Waals surface area contributed by atoms with Crippen molar-refractivity contribution >= 4 is 29.2 Å². The Balaban J connectivity index is 0.000000559. The van der Waals surface area contributed by atoms with Crippen LogP contribution in [0.25, 0.3) is 0 Å². The number of piperazine rings is 1. The minimum Gasteiger partial charge on any atom is -0.478 e. The number of nitrogens with zero attached hydrogens (tertiary/aromatic N) is 2. The normalized spacial score (nSPS) is 13.7. The first-order valence-electron chi connectivity index (χ1n) is 11.8. The molecule has 1 saturated heterocycles. The van der Waals surface area contributed by atoms with E-state index < -0.39 is 29.8 Å². The highest BCUT2D eigenvalue weighted by Crippen LogP contribution is 2.27. The van der Waals surface area contributed by atoms with Crippen molar-refractivity contribution in [3.63, 3.8) is 0 Å². The van der Waals surface area contributed by atoms with Crippen molar-refractivity contribution in [2.24, 2.45) is 0 Å². The molecule has 3 aromatic carbocycles. The van der Waals surface area contributed by atoms with Crippen LogP contribution < -0.4 is 10.2 Å². The molecule has 212 valence electrons. The number of amides is 1. The van der Waals surface area contributed by atoms with E-state index in [1.807, 2.05) is 4.90 Å². The maximum absolute atomic E-state index is 13.9. The van der Waals surface area contributed by atoms with Gasteiger partial charge in [0.1, 0.15) is 11.6 Å². The van der Waals surface area contributed by atoms with Crippen LogP contribution in [0.15, 0.2) is 66.7 Å². The summed E-state index contributed by atoms with van der Waals surface area (Å²) in [7, 11) is 0. The molecule has 3 aromatic rings. The van der Waals surface area contributed by atoms with Gasteiger partial charge in [0.25, 0.3) is 5.91 Å². The Bertz CT molecular complexity index is 1370. The van der Waals surface area contributed by atoms with Crippen LogP contribution in [0.4, 0.5) is 33.3 Å². The number of carboxylic acid groups (broad SMARTS) is 2. The molecular weight excluding hydrogens is 541 g/mol. The first kappa shape index (κ1) is 30.0. The third-order valence-corrected chi connectivity index (χ3v) is 5.91. The summed E-state index contributed by atoms with van der Waals surface area (Å²) in [6.45, 7) is 2.96. The van der Waals surface area contributed by atoms with Gasteiger partial charge in [-0.1, -0.05) is 30.3 Å². The number of anilines is 2. The molecule has 13 heteroatoms. The van der Waals surface area contributed by atoms with E-state index in [1.165, 1.54) is 30.3 Å². The molecule has 0 spiro atoms. The lowest BCUT2D eigenvalue weighted by atomic mass is 10.1. The predicted molar refractivity (Wildman–Crippen MR) is 135 cm³/mol. The number of carbonyl (C=O) groups is 3. The number of benzene rings is 3. The average molecular weight is 565 g/mol. The Hall–Kier alpha value is -4.52. The molecule has 3 N–H and O–H groups in total. The van der Waals surface area contributed by atoms with E-state index in [9.17, 15) is 36.6 Å². The molecule has 0 unspecified atom stereocenters. The highest BCUT2D eigenvalue weighted by atomic mass is 19.4. The van der Waals surface area contributed by atoms with Crippen LogP contribution in [-0.4, -0.2) is 65.3 Å². The minimum absolute atomic E-state index is 0.0453. The highest BCUT2D eigenvalue weighted by Gasteiger charge is 2.38. The van der Waals surface area contributed by atoms with Crippen molar-refractivity contribution in [2.45, 2.75) is 12.7 Å². The Morgan fingerprint density at radius 1 is 0.800 bits per heavy atom. The van der Waals surface area contributed by atoms with Crippen molar-refractivity contribution in [3.8, 4) is 0 Å². The van der Waals surface area contributed by atoms with E-state index in [2.05, 4.69) is 10.2 Å². The number of alkyl halides is 3. The number of aliphatic carboxylic acids is 1. The van der Waals surface area contributed by atoms with Gasteiger partial charge in [-0.2, -0.15) is 13.2 Å². The Morgan fingerprint density at radius 3 is 1.93 bits per heavy atom. The summed E-state index contributed by atoms with van der Waals surface area (Å²) in [5, 5.41) is 19.4. The Morgan fingerprint density at radius 2 is 1.38 bits per heavy atom. The lowest BCUT2D eigenvalue weighted by Crippen LogP contribution is -2.46. The molecule has 0 radical (unpaired) electrons. The fraction of sp³-hybridized carbons (Fsp3) is 0.222. The third kappa shape index (κ3) is 7.99. The van der Waals surface area contributed by atoms with Crippen LogP contribution in [0.5, 0.6) is 0 Å². The number of carboxylic acids is 2. The van der Waals surface area contributed by atoms with Crippen LogP contribution >= 0.6 is 0 Å². The zero-order chi connectivity index (χ0) is 29.4. The van der Waals surface area contributed by atoms with E-state index in [1.54, 1.807) is 36.4 Å². The van der Waals surface area contributed by atoms with Gasteiger partial charge in [-0.25, -0.2) is 18.4 Å². The predicted octanol–water partition coefficient (Wildman–Crippen LogP) is 4.87. The smallest absolute Gasteiger partial charge is 0.478 e. The lowest BCUT2D eigenvalue weighted by molar-refractivity contribution is -0.192. The second-order valence-corrected chi connectivity index (χ2v) is 8.63. The highest BCUT2D eigenvalue weighted by molar-refractivity contribution is 6.05. The number of nitrogens with one attached hydrogen (secondary N) is 1. The fourth-order valence-corrected chi connectivity index (χ4v) is 3.92. The molecule has 0 aliphatic carbocycles. The summed E-state index contributed by atoms with van der Waals surface area (Å²) < 4.78 is 59.5. The maximum Gasteiger partial charge on any atom is 0.490 e. The number of carbonyl (C=O) groups excluding carboxylic acids is 1. The second-order valence-electron chi connectivity index (χ2n) is 8.63.